The number of rotatable bonds is 4. The van der Waals surface area contributed by atoms with E-state index in [0.717, 1.165) is 77.2 Å². The molecule has 5 heteroatoms. The first-order valence-electron chi connectivity index (χ1n) is 16.3. The van der Waals surface area contributed by atoms with Crippen molar-refractivity contribution in [1.29, 1.82) is 10.5 Å². The number of fused-ring (bicyclic) bond motifs is 6. The van der Waals surface area contributed by atoms with Crippen molar-refractivity contribution in [3.8, 4) is 45.8 Å². The summed E-state index contributed by atoms with van der Waals surface area (Å²) in [5.74, 6) is 0. The minimum absolute atomic E-state index is 0.583. The molecule has 0 unspecified atom stereocenters. The second-order valence-electron chi connectivity index (χ2n) is 12.3. The van der Waals surface area contributed by atoms with Gasteiger partial charge in [-0.3, -0.25) is 0 Å². The molecule has 50 heavy (non-hydrogen) atoms. The van der Waals surface area contributed by atoms with Gasteiger partial charge in [-0.1, -0.05) is 78.9 Å². The molecule has 9 aromatic rings. The van der Waals surface area contributed by atoms with Crippen LogP contribution >= 0.6 is 0 Å². The van der Waals surface area contributed by atoms with Crippen LogP contribution < -0.4 is 0 Å². The van der Waals surface area contributed by atoms with Gasteiger partial charge in [0.15, 0.2) is 5.69 Å². The van der Waals surface area contributed by atoms with E-state index in [4.69, 9.17) is 6.57 Å². The summed E-state index contributed by atoms with van der Waals surface area (Å²) < 4.78 is 4.46. The zero-order valence-corrected chi connectivity index (χ0v) is 26.7. The van der Waals surface area contributed by atoms with Crippen LogP contribution in [0.3, 0.4) is 0 Å². The molecular formula is C45H25N5. The van der Waals surface area contributed by atoms with Crippen LogP contribution in [0.25, 0.3) is 82.1 Å². The van der Waals surface area contributed by atoms with Crippen molar-refractivity contribution in [3.05, 3.63) is 174 Å². The molecule has 0 aliphatic rings. The molecule has 7 aromatic carbocycles. The van der Waals surface area contributed by atoms with E-state index in [1.807, 2.05) is 78.9 Å². The molecule has 2 aromatic heterocycles. The first-order chi connectivity index (χ1) is 24.7. The molecule has 0 aliphatic heterocycles. The summed E-state index contributed by atoms with van der Waals surface area (Å²) in [7, 11) is 0. The third-order valence-corrected chi connectivity index (χ3v) is 9.58. The third-order valence-electron chi connectivity index (χ3n) is 9.58. The quantitative estimate of drug-likeness (QED) is 0.181. The standard InChI is InChI=1S/C45H25N5/c1-48-34-20-22-43-39(26-34)37-15-3-5-17-41(37)50(43)44-18-8-12-33(28-47)45(44)32-11-6-9-30(24-32)31-10-7-13-35(25-31)49-40-16-4-2-14-36(40)38-23-29(27-46)19-21-42(38)49/h2-26H. The summed E-state index contributed by atoms with van der Waals surface area (Å²) in [5.41, 5.74) is 11.7. The van der Waals surface area contributed by atoms with Crippen LogP contribution in [0.15, 0.2) is 152 Å². The summed E-state index contributed by atoms with van der Waals surface area (Å²) in [6.07, 6.45) is 0. The maximum atomic E-state index is 10.4. The zero-order valence-electron chi connectivity index (χ0n) is 26.7. The lowest BCUT2D eigenvalue weighted by atomic mass is 9.94. The molecule has 9 rings (SSSR count). The SMILES string of the molecule is [C-]#[N+]c1ccc2c(c1)c1ccccc1n2-c1cccc(C#N)c1-c1cccc(-c2cccc(-n3c4ccccc4c4cc(C#N)ccc43)c2)c1. The predicted molar refractivity (Wildman–Crippen MR) is 202 cm³/mol. The average Bonchev–Trinajstić information content (AvgIpc) is 3.69. The zero-order chi connectivity index (χ0) is 33.8. The van der Waals surface area contributed by atoms with Crippen molar-refractivity contribution in [3.63, 3.8) is 0 Å². The van der Waals surface area contributed by atoms with Crippen LogP contribution in [-0.2, 0) is 0 Å². The summed E-state index contributed by atoms with van der Waals surface area (Å²) in [6, 6.07) is 55.7. The van der Waals surface area contributed by atoms with Gasteiger partial charge in [-0.05, 0) is 94.9 Å². The molecule has 0 bridgehead atoms. The van der Waals surface area contributed by atoms with Gasteiger partial charge >= 0.3 is 0 Å². The Morgan fingerprint density at radius 3 is 1.86 bits per heavy atom. The lowest BCUT2D eigenvalue weighted by Crippen LogP contribution is -1.99. The Bertz CT molecular complexity index is 2970. The fraction of sp³-hybridized carbons (Fsp3) is 0. The number of aromatic nitrogens is 2. The minimum Gasteiger partial charge on any atom is -0.309 e. The fourth-order valence-electron chi connectivity index (χ4n) is 7.41. The highest BCUT2D eigenvalue weighted by molar-refractivity contribution is 6.11. The van der Waals surface area contributed by atoms with Crippen LogP contribution in [0.5, 0.6) is 0 Å². The molecule has 2 heterocycles. The van der Waals surface area contributed by atoms with Crippen LogP contribution in [0.2, 0.25) is 0 Å². The van der Waals surface area contributed by atoms with Crippen LogP contribution in [0.4, 0.5) is 5.69 Å². The van der Waals surface area contributed by atoms with Gasteiger partial charge in [0, 0.05) is 27.4 Å². The van der Waals surface area contributed by atoms with E-state index < -0.39 is 0 Å². The van der Waals surface area contributed by atoms with Crippen molar-refractivity contribution in [2.75, 3.05) is 0 Å². The number of hydrogen-bond donors (Lipinski definition) is 0. The molecule has 0 N–H and O–H groups in total. The fourth-order valence-corrected chi connectivity index (χ4v) is 7.41. The van der Waals surface area contributed by atoms with Gasteiger partial charge in [0.1, 0.15) is 0 Å². The summed E-state index contributed by atoms with van der Waals surface area (Å²) in [6.45, 7) is 7.60. The Morgan fingerprint density at radius 2 is 1.10 bits per heavy atom. The molecule has 0 spiro atoms. The monoisotopic (exact) mass is 635 g/mol. The lowest BCUT2D eigenvalue weighted by molar-refractivity contribution is 1.18. The van der Waals surface area contributed by atoms with Gasteiger partial charge < -0.3 is 9.13 Å². The topological polar surface area (TPSA) is 61.8 Å². The van der Waals surface area contributed by atoms with Crippen molar-refractivity contribution >= 4 is 49.3 Å². The number of benzene rings is 7. The molecule has 0 amide bonds. The highest BCUT2D eigenvalue weighted by Crippen LogP contribution is 2.40. The van der Waals surface area contributed by atoms with Gasteiger partial charge in [0.05, 0.1) is 57.6 Å². The van der Waals surface area contributed by atoms with Gasteiger partial charge in [0.25, 0.3) is 0 Å². The van der Waals surface area contributed by atoms with E-state index in [9.17, 15) is 10.5 Å². The van der Waals surface area contributed by atoms with Crippen LogP contribution in [-0.4, -0.2) is 9.13 Å². The van der Waals surface area contributed by atoms with Gasteiger partial charge in [0.2, 0.25) is 0 Å². The van der Waals surface area contributed by atoms with Crippen LogP contribution in [0, 0.1) is 29.2 Å². The number of hydrogen-bond acceptors (Lipinski definition) is 2. The highest BCUT2D eigenvalue weighted by atomic mass is 15.0. The smallest absolute Gasteiger partial charge is 0.188 e. The molecule has 0 atom stereocenters. The molecular weight excluding hydrogens is 611 g/mol. The van der Waals surface area contributed by atoms with E-state index in [1.165, 1.54) is 0 Å². The molecule has 0 aliphatic carbocycles. The molecule has 230 valence electrons. The van der Waals surface area contributed by atoms with Crippen molar-refractivity contribution in [2.24, 2.45) is 0 Å². The summed E-state index contributed by atoms with van der Waals surface area (Å²) in [5, 5.41) is 24.2. The Labute approximate surface area is 288 Å². The minimum atomic E-state index is 0.583. The van der Waals surface area contributed by atoms with Crippen LogP contribution in [0.1, 0.15) is 11.1 Å². The number of nitriles is 2. The molecule has 5 nitrogen and oxygen atoms in total. The van der Waals surface area contributed by atoms with Crippen molar-refractivity contribution in [2.45, 2.75) is 0 Å². The normalized spacial score (nSPS) is 11.1. The molecule has 0 fully saturated rings. The summed E-state index contributed by atoms with van der Waals surface area (Å²) in [4.78, 5) is 3.68. The predicted octanol–water partition coefficient (Wildman–Crippen LogP) is 11.5. The Kier molecular flexibility index (Phi) is 6.56. The summed E-state index contributed by atoms with van der Waals surface area (Å²) >= 11 is 0. The second kappa shape index (κ2) is 11.4. The number of para-hydroxylation sites is 2. The molecule has 0 saturated heterocycles. The van der Waals surface area contributed by atoms with Gasteiger partial charge in [-0.15, -0.1) is 0 Å². The van der Waals surface area contributed by atoms with E-state index in [-0.39, 0.29) is 0 Å². The Hall–Kier alpha value is -7.39. The largest absolute Gasteiger partial charge is 0.309 e. The Balaban J connectivity index is 1.23. The maximum Gasteiger partial charge on any atom is 0.188 e. The first kappa shape index (κ1) is 28.8. The van der Waals surface area contributed by atoms with Gasteiger partial charge in [-0.25, -0.2) is 4.85 Å². The highest BCUT2D eigenvalue weighted by Gasteiger charge is 2.19. The van der Waals surface area contributed by atoms with Crippen molar-refractivity contribution < 1.29 is 0 Å². The second-order valence-corrected chi connectivity index (χ2v) is 12.3. The first-order valence-corrected chi connectivity index (χ1v) is 16.3. The maximum absolute atomic E-state index is 10.4. The van der Waals surface area contributed by atoms with E-state index in [2.05, 4.69) is 98.9 Å². The van der Waals surface area contributed by atoms with E-state index >= 15 is 0 Å². The number of nitrogens with zero attached hydrogens (tertiary/aromatic N) is 5. The van der Waals surface area contributed by atoms with E-state index in [0.29, 0.717) is 16.8 Å². The Morgan fingerprint density at radius 1 is 0.480 bits per heavy atom. The molecule has 0 saturated carbocycles. The lowest BCUT2D eigenvalue weighted by Gasteiger charge is -2.16. The third kappa shape index (κ3) is 4.38. The van der Waals surface area contributed by atoms with Crippen molar-refractivity contribution in [1.82, 2.24) is 9.13 Å². The molecule has 0 radical (unpaired) electrons. The average molecular weight is 636 g/mol. The van der Waals surface area contributed by atoms with Gasteiger partial charge in [-0.2, -0.15) is 10.5 Å². The van der Waals surface area contributed by atoms with E-state index in [1.54, 1.807) is 0 Å².